The SMILES string of the molecule is NCc1cccc(NC(=O)Cc2cccc3ccccc23)c1. The molecular weight excluding hydrogens is 272 g/mol. The minimum absolute atomic E-state index is 0.0227. The summed E-state index contributed by atoms with van der Waals surface area (Å²) in [6, 6.07) is 21.8. The molecule has 3 rings (SSSR count). The molecule has 3 N–H and O–H groups in total. The van der Waals surface area contributed by atoms with Crippen molar-refractivity contribution in [2.75, 3.05) is 5.32 Å². The number of carbonyl (C=O) groups is 1. The lowest BCUT2D eigenvalue weighted by Gasteiger charge is -2.09. The molecule has 3 aromatic rings. The first-order chi connectivity index (χ1) is 10.8. The molecule has 0 heterocycles. The van der Waals surface area contributed by atoms with Crippen molar-refractivity contribution in [3.8, 4) is 0 Å². The topological polar surface area (TPSA) is 55.1 Å². The zero-order valence-corrected chi connectivity index (χ0v) is 12.3. The molecule has 0 unspecified atom stereocenters. The van der Waals surface area contributed by atoms with Crippen LogP contribution in [0.2, 0.25) is 0 Å². The number of amides is 1. The quantitative estimate of drug-likeness (QED) is 0.773. The Bertz CT molecular complexity index is 806. The fourth-order valence-corrected chi connectivity index (χ4v) is 2.60. The van der Waals surface area contributed by atoms with Gasteiger partial charge in [0.05, 0.1) is 6.42 Å². The second-order valence-electron chi connectivity index (χ2n) is 5.27. The van der Waals surface area contributed by atoms with Gasteiger partial charge in [-0.3, -0.25) is 4.79 Å². The molecule has 0 bridgehead atoms. The number of fused-ring (bicyclic) bond motifs is 1. The average Bonchev–Trinajstić information content (AvgIpc) is 2.55. The zero-order valence-electron chi connectivity index (χ0n) is 12.3. The summed E-state index contributed by atoms with van der Waals surface area (Å²) in [5.74, 6) is -0.0227. The van der Waals surface area contributed by atoms with E-state index in [4.69, 9.17) is 5.73 Å². The molecule has 1 amide bonds. The van der Waals surface area contributed by atoms with Crippen LogP contribution in [0.15, 0.2) is 66.7 Å². The first-order valence-corrected chi connectivity index (χ1v) is 7.32. The van der Waals surface area contributed by atoms with Crippen LogP contribution in [0.3, 0.4) is 0 Å². The maximum atomic E-state index is 12.3. The number of rotatable bonds is 4. The zero-order chi connectivity index (χ0) is 15.4. The number of hydrogen-bond donors (Lipinski definition) is 2. The molecule has 0 aliphatic rings. The van der Waals surface area contributed by atoms with Gasteiger partial charge in [-0.2, -0.15) is 0 Å². The summed E-state index contributed by atoms with van der Waals surface area (Å²) in [5.41, 5.74) is 8.44. The highest BCUT2D eigenvalue weighted by molar-refractivity contribution is 5.96. The molecule has 3 nitrogen and oxygen atoms in total. The van der Waals surface area contributed by atoms with Gasteiger partial charge in [-0.05, 0) is 34.0 Å². The summed E-state index contributed by atoms with van der Waals surface area (Å²) in [6.45, 7) is 0.465. The molecule has 3 aromatic carbocycles. The number of anilines is 1. The molecule has 22 heavy (non-hydrogen) atoms. The molecule has 0 saturated heterocycles. The number of hydrogen-bond acceptors (Lipinski definition) is 2. The van der Waals surface area contributed by atoms with Gasteiger partial charge in [-0.1, -0.05) is 54.6 Å². The first-order valence-electron chi connectivity index (χ1n) is 7.32. The van der Waals surface area contributed by atoms with Gasteiger partial charge in [-0.15, -0.1) is 0 Å². The lowest BCUT2D eigenvalue weighted by Crippen LogP contribution is -2.14. The van der Waals surface area contributed by atoms with E-state index in [1.165, 1.54) is 0 Å². The Hall–Kier alpha value is -2.65. The number of benzene rings is 3. The van der Waals surface area contributed by atoms with Crippen LogP contribution in [0.5, 0.6) is 0 Å². The van der Waals surface area contributed by atoms with E-state index in [1.54, 1.807) is 0 Å². The fraction of sp³-hybridized carbons (Fsp3) is 0.105. The van der Waals surface area contributed by atoms with E-state index < -0.39 is 0 Å². The van der Waals surface area contributed by atoms with Gasteiger partial charge in [0.25, 0.3) is 0 Å². The van der Waals surface area contributed by atoms with Crippen molar-refractivity contribution in [2.45, 2.75) is 13.0 Å². The molecular formula is C19H18N2O. The predicted octanol–water partition coefficient (Wildman–Crippen LogP) is 3.48. The molecule has 0 aliphatic carbocycles. The van der Waals surface area contributed by atoms with Gasteiger partial charge in [0, 0.05) is 12.2 Å². The second kappa shape index (κ2) is 6.41. The van der Waals surface area contributed by atoms with Crippen molar-refractivity contribution >= 4 is 22.4 Å². The van der Waals surface area contributed by atoms with Crippen molar-refractivity contribution in [2.24, 2.45) is 5.73 Å². The van der Waals surface area contributed by atoms with E-state index in [1.807, 2.05) is 54.6 Å². The maximum Gasteiger partial charge on any atom is 0.228 e. The highest BCUT2D eigenvalue weighted by Gasteiger charge is 2.07. The van der Waals surface area contributed by atoms with Gasteiger partial charge < -0.3 is 11.1 Å². The monoisotopic (exact) mass is 290 g/mol. The largest absolute Gasteiger partial charge is 0.326 e. The van der Waals surface area contributed by atoms with Crippen LogP contribution in [-0.4, -0.2) is 5.91 Å². The molecule has 0 saturated carbocycles. The number of nitrogens with two attached hydrogens (primary N) is 1. The number of nitrogens with one attached hydrogen (secondary N) is 1. The van der Waals surface area contributed by atoms with Crippen LogP contribution in [-0.2, 0) is 17.8 Å². The Labute approximate surface area is 129 Å². The second-order valence-corrected chi connectivity index (χ2v) is 5.27. The normalized spacial score (nSPS) is 10.6. The van der Waals surface area contributed by atoms with Crippen LogP contribution in [0.25, 0.3) is 10.8 Å². The summed E-state index contributed by atoms with van der Waals surface area (Å²) in [6.07, 6.45) is 0.355. The first kappa shape index (κ1) is 14.3. The van der Waals surface area contributed by atoms with E-state index in [9.17, 15) is 4.79 Å². The van der Waals surface area contributed by atoms with E-state index in [2.05, 4.69) is 17.4 Å². The van der Waals surface area contributed by atoms with Crippen molar-refractivity contribution in [1.82, 2.24) is 0 Å². The lowest BCUT2D eigenvalue weighted by atomic mass is 10.0. The van der Waals surface area contributed by atoms with Gasteiger partial charge >= 0.3 is 0 Å². The Kier molecular flexibility index (Phi) is 4.17. The van der Waals surface area contributed by atoms with E-state index in [0.717, 1.165) is 27.6 Å². The Morgan fingerprint density at radius 1 is 0.955 bits per heavy atom. The molecule has 0 atom stereocenters. The van der Waals surface area contributed by atoms with Crippen molar-refractivity contribution in [3.63, 3.8) is 0 Å². The Balaban J connectivity index is 1.78. The molecule has 0 fully saturated rings. The molecule has 110 valence electrons. The summed E-state index contributed by atoms with van der Waals surface area (Å²) in [7, 11) is 0. The molecule has 0 spiro atoms. The molecule has 3 heteroatoms. The highest BCUT2D eigenvalue weighted by atomic mass is 16.1. The summed E-state index contributed by atoms with van der Waals surface area (Å²) in [4.78, 5) is 12.3. The van der Waals surface area contributed by atoms with Crippen LogP contribution in [0.1, 0.15) is 11.1 Å². The third-order valence-electron chi connectivity index (χ3n) is 3.68. The van der Waals surface area contributed by atoms with Crippen LogP contribution in [0.4, 0.5) is 5.69 Å². The van der Waals surface area contributed by atoms with Crippen LogP contribution in [0, 0.1) is 0 Å². The Morgan fingerprint density at radius 2 is 1.73 bits per heavy atom. The smallest absolute Gasteiger partial charge is 0.228 e. The summed E-state index contributed by atoms with van der Waals surface area (Å²) in [5, 5.41) is 5.21. The summed E-state index contributed by atoms with van der Waals surface area (Å²) < 4.78 is 0. The minimum atomic E-state index is -0.0227. The summed E-state index contributed by atoms with van der Waals surface area (Å²) >= 11 is 0. The predicted molar refractivity (Wildman–Crippen MR) is 90.6 cm³/mol. The van der Waals surface area contributed by atoms with Crippen molar-refractivity contribution in [1.29, 1.82) is 0 Å². The molecule has 0 radical (unpaired) electrons. The minimum Gasteiger partial charge on any atom is -0.326 e. The van der Waals surface area contributed by atoms with Gasteiger partial charge in [0.15, 0.2) is 0 Å². The fourth-order valence-electron chi connectivity index (χ4n) is 2.60. The number of carbonyl (C=O) groups excluding carboxylic acids is 1. The van der Waals surface area contributed by atoms with Crippen molar-refractivity contribution in [3.05, 3.63) is 77.9 Å². The van der Waals surface area contributed by atoms with Crippen LogP contribution < -0.4 is 11.1 Å². The van der Waals surface area contributed by atoms with E-state index >= 15 is 0 Å². The van der Waals surface area contributed by atoms with Crippen LogP contribution >= 0.6 is 0 Å². The maximum absolute atomic E-state index is 12.3. The average molecular weight is 290 g/mol. The van der Waals surface area contributed by atoms with Gasteiger partial charge in [-0.25, -0.2) is 0 Å². The standard InChI is InChI=1S/C19H18N2O/c20-13-14-5-3-9-17(11-14)21-19(22)12-16-8-4-7-15-6-1-2-10-18(15)16/h1-11H,12-13,20H2,(H,21,22). The third kappa shape index (κ3) is 3.15. The van der Waals surface area contributed by atoms with Gasteiger partial charge in [0.2, 0.25) is 5.91 Å². The highest BCUT2D eigenvalue weighted by Crippen LogP contribution is 2.19. The third-order valence-corrected chi connectivity index (χ3v) is 3.68. The van der Waals surface area contributed by atoms with Crippen molar-refractivity contribution < 1.29 is 4.79 Å². The lowest BCUT2D eigenvalue weighted by molar-refractivity contribution is -0.115. The molecule has 0 aromatic heterocycles. The van der Waals surface area contributed by atoms with Gasteiger partial charge in [0.1, 0.15) is 0 Å². The molecule has 0 aliphatic heterocycles. The van der Waals surface area contributed by atoms with E-state index in [-0.39, 0.29) is 5.91 Å². The van der Waals surface area contributed by atoms with E-state index in [0.29, 0.717) is 13.0 Å². The Morgan fingerprint density at radius 3 is 2.59 bits per heavy atom.